The topological polar surface area (TPSA) is 84.9 Å². The number of nitrogens with one attached hydrogen (secondary N) is 1. The quantitative estimate of drug-likeness (QED) is 0.841. The van der Waals surface area contributed by atoms with Gasteiger partial charge in [0.2, 0.25) is 15.9 Å². The molecular weight excluding hydrogens is 375 g/mol. The molecule has 3 rings (SSSR count). The van der Waals surface area contributed by atoms with Crippen LogP contribution in [-0.2, 0) is 14.8 Å². The summed E-state index contributed by atoms with van der Waals surface area (Å²) in [5, 5.41) is 2.53. The molecule has 27 heavy (non-hydrogen) atoms. The van der Waals surface area contributed by atoms with Gasteiger partial charge in [0.25, 0.3) is 0 Å². The first-order valence-corrected chi connectivity index (χ1v) is 9.72. The summed E-state index contributed by atoms with van der Waals surface area (Å²) >= 11 is 0. The molecule has 144 valence electrons. The molecule has 0 aromatic heterocycles. The predicted molar refractivity (Wildman–Crippen MR) is 96.9 cm³/mol. The molecule has 0 atom stereocenters. The Balaban J connectivity index is 1.71. The van der Waals surface area contributed by atoms with Crippen LogP contribution in [0.4, 0.5) is 10.1 Å². The number of hydrogen-bond acceptors (Lipinski definition) is 5. The molecule has 0 saturated carbocycles. The third-order valence-corrected chi connectivity index (χ3v) is 5.72. The average Bonchev–Trinajstić information content (AvgIpc) is 2.88. The number of halogens is 1. The van der Waals surface area contributed by atoms with Crippen molar-refractivity contribution in [3.05, 3.63) is 48.3 Å². The van der Waals surface area contributed by atoms with Crippen LogP contribution in [0, 0.1) is 5.82 Å². The highest BCUT2D eigenvalue weighted by molar-refractivity contribution is 7.89. The minimum Gasteiger partial charge on any atom is -0.490 e. The fraction of sp³-hybridized carbons (Fsp3) is 0.278. The average molecular weight is 394 g/mol. The number of carbonyl (C=O) groups is 1. The number of rotatable bonds is 5. The van der Waals surface area contributed by atoms with Gasteiger partial charge in [0.15, 0.2) is 11.5 Å². The van der Waals surface area contributed by atoms with Crippen molar-refractivity contribution in [3.8, 4) is 11.5 Å². The Labute approximate surface area is 156 Å². The number of amides is 1. The SMILES string of the molecule is CN(CC(=O)Nc1ccc(F)cc1)S(=O)(=O)c1ccc2c(c1)OCCCO2. The van der Waals surface area contributed by atoms with Crippen molar-refractivity contribution in [2.45, 2.75) is 11.3 Å². The molecule has 1 aliphatic rings. The lowest BCUT2D eigenvalue weighted by molar-refractivity contribution is -0.116. The summed E-state index contributed by atoms with van der Waals surface area (Å²) in [5.41, 5.74) is 0.378. The van der Waals surface area contributed by atoms with E-state index in [1.807, 2.05) is 0 Å². The van der Waals surface area contributed by atoms with Crippen LogP contribution in [0.5, 0.6) is 11.5 Å². The van der Waals surface area contributed by atoms with Crippen LogP contribution >= 0.6 is 0 Å². The van der Waals surface area contributed by atoms with E-state index in [4.69, 9.17) is 9.47 Å². The van der Waals surface area contributed by atoms with E-state index in [0.717, 1.165) is 4.31 Å². The second-order valence-electron chi connectivity index (χ2n) is 5.98. The minimum atomic E-state index is -3.90. The van der Waals surface area contributed by atoms with Crippen molar-refractivity contribution in [1.82, 2.24) is 4.31 Å². The second kappa shape index (κ2) is 7.93. The summed E-state index contributed by atoms with van der Waals surface area (Å²) < 4.78 is 50.3. The van der Waals surface area contributed by atoms with E-state index in [9.17, 15) is 17.6 Å². The third-order valence-electron chi connectivity index (χ3n) is 3.92. The molecule has 9 heteroatoms. The molecule has 0 spiro atoms. The van der Waals surface area contributed by atoms with Crippen molar-refractivity contribution in [2.24, 2.45) is 0 Å². The summed E-state index contributed by atoms with van der Waals surface area (Å²) in [7, 11) is -2.59. The van der Waals surface area contributed by atoms with E-state index in [1.165, 1.54) is 43.4 Å². The first kappa shape index (κ1) is 19.1. The first-order chi connectivity index (χ1) is 12.9. The molecule has 1 heterocycles. The monoisotopic (exact) mass is 394 g/mol. The van der Waals surface area contributed by atoms with Crippen LogP contribution in [0.1, 0.15) is 6.42 Å². The van der Waals surface area contributed by atoms with E-state index < -0.39 is 28.3 Å². The molecule has 7 nitrogen and oxygen atoms in total. The summed E-state index contributed by atoms with van der Waals surface area (Å²) in [4.78, 5) is 12.1. The maximum absolute atomic E-state index is 12.9. The van der Waals surface area contributed by atoms with Crippen molar-refractivity contribution in [2.75, 3.05) is 32.1 Å². The van der Waals surface area contributed by atoms with E-state index in [-0.39, 0.29) is 4.90 Å². The van der Waals surface area contributed by atoms with Crippen molar-refractivity contribution >= 4 is 21.6 Å². The molecule has 0 bridgehead atoms. The predicted octanol–water partition coefficient (Wildman–Crippen LogP) is 2.25. The normalized spacial score (nSPS) is 13.9. The van der Waals surface area contributed by atoms with E-state index >= 15 is 0 Å². The molecule has 1 amide bonds. The van der Waals surface area contributed by atoms with E-state index in [0.29, 0.717) is 36.8 Å². The zero-order valence-electron chi connectivity index (χ0n) is 14.6. The largest absolute Gasteiger partial charge is 0.490 e. The van der Waals surface area contributed by atoms with Crippen LogP contribution in [0.3, 0.4) is 0 Å². The summed E-state index contributed by atoms with van der Waals surface area (Å²) in [6.45, 7) is 0.545. The van der Waals surface area contributed by atoms with Gasteiger partial charge in [-0.2, -0.15) is 4.31 Å². The second-order valence-corrected chi connectivity index (χ2v) is 8.02. The Morgan fingerprint density at radius 1 is 1.11 bits per heavy atom. The van der Waals surface area contributed by atoms with Gasteiger partial charge in [-0.25, -0.2) is 12.8 Å². The smallest absolute Gasteiger partial charge is 0.243 e. The molecule has 1 N–H and O–H groups in total. The highest BCUT2D eigenvalue weighted by Gasteiger charge is 2.25. The van der Waals surface area contributed by atoms with Gasteiger partial charge in [-0.15, -0.1) is 0 Å². The van der Waals surface area contributed by atoms with Crippen molar-refractivity contribution < 1.29 is 27.1 Å². The number of ether oxygens (including phenoxy) is 2. The molecule has 0 fully saturated rings. The number of carbonyl (C=O) groups excluding carboxylic acids is 1. The first-order valence-electron chi connectivity index (χ1n) is 8.28. The molecule has 2 aromatic carbocycles. The fourth-order valence-corrected chi connectivity index (χ4v) is 3.65. The number of benzene rings is 2. The zero-order valence-corrected chi connectivity index (χ0v) is 15.5. The Morgan fingerprint density at radius 3 is 2.48 bits per heavy atom. The number of hydrogen-bond donors (Lipinski definition) is 1. The summed E-state index contributed by atoms with van der Waals surface area (Å²) in [6.07, 6.45) is 0.709. The standard InChI is InChI=1S/C18H19FN2O5S/c1-21(12-18(22)20-14-5-3-13(19)4-6-14)27(23,24)15-7-8-16-17(11-15)26-10-2-9-25-16/h3-8,11H,2,9-10,12H2,1H3,(H,20,22). The molecule has 0 unspecified atom stereocenters. The zero-order chi connectivity index (χ0) is 19.4. The van der Waals surface area contributed by atoms with E-state index in [2.05, 4.69) is 5.32 Å². The fourth-order valence-electron chi connectivity index (χ4n) is 2.50. The van der Waals surface area contributed by atoms with Gasteiger partial charge in [0, 0.05) is 25.2 Å². The Hall–Kier alpha value is -2.65. The molecule has 0 saturated heterocycles. The molecule has 1 aliphatic heterocycles. The molecule has 2 aromatic rings. The highest BCUT2D eigenvalue weighted by Crippen LogP contribution is 2.32. The Kier molecular flexibility index (Phi) is 5.62. The van der Waals surface area contributed by atoms with Crippen LogP contribution < -0.4 is 14.8 Å². The van der Waals surface area contributed by atoms with Crippen LogP contribution in [0.2, 0.25) is 0 Å². The third kappa shape index (κ3) is 4.55. The summed E-state index contributed by atoms with van der Waals surface area (Å²) in [5.74, 6) is -0.120. The lowest BCUT2D eigenvalue weighted by Crippen LogP contribution is -2.35. The number of fused-ring (bicyclic) bond motifs is 1. The van der Waals surface area contributed by atoms with Gasteiger partial charge in [-0.05, 0) is 36.4 Å². The number of likely N-dealkylation sites (N-methyl/N-ethyl adjacent to an activating group) is 1. The number of nitrogens with zero attached hydrogens (tertiary/aromatic N) is 1. The van der Waals surface area contributed by atoms with Crippen LogP contribution in [0.15, 0.2) is 47.4 Å². The van der Waals surface area contributed by atoms with Gasteiger partial charge in [-0.1, -0.05) is 0 Å². The summed E-state index contributed by atoms with van der Waals surface area (Å²) in [6, 6.07) is 9.54. The maximum atomic E-state index is 12.9. The van der Waals surface area contributed by atoms with Gasteiger partial charge in [0.1, 0.15) is 5.82 Å². The Bertz CT molecular complexity index is 931. The lowest BCUT2D eigenvalue weighted by atomic mass is 10.3. The van der Waals surface area contributed by atoms with Crippen molar-refractivity contribution in [3.63, 3.8) is 0 Å². The van der Waals surface area contributed by atoms with Crippen molar-refractivity contribution in [1.29, 1.82) is 0 Å². The van der Waals surface area contributed by atoms with Gasteiger partial charge in [-0.3, -0.25) is 4.79 Å². The van der Waals surface area contributed by atoms with Crippen LogP contribution in [-0.4, -0.2) is 45.4 Å². The molecule has 0 radical (unpaired) electrons. The van der Waals surface area contributed by atoms with Gasteiger partial charge < -0.3 is 14.8 Å². The van der Waals surface area contributed by atoms with Gasteiger partial charge >= 0.3 is 0 Å². The maximum Gasteiger partial charge on any atom is 0.243 e. The minimum absolute atomic E-state index is 0.00355. The van der Waals surface area contributed by atoms with Crippen LogP contribution in [0.25, 0.3) is 0 Å². The van der Waals surface area contributed by atoms with E-state index in [1.54, 1.807) is 6.07 Å². The molecular formula is C18H19FN2O5S. The highest BCUT2D eigenvalue weighted by atomic mass is 32.2. The van der Waals surface area contributed by atoms with Gasteiger partial charge in [0.05, 0.1) is 24.7 Å². The number of sulfonamides is 1. The number of anilines is 1. The Morgan fingerprint density at radius 2 is 1.78 bits per heavy atom. The lowest BCUT2D eigenvalue weighted by Gasteiger charge is -2.18. The molecule has 0 aliphatic carbocycles.